The van der Waals surface area contributed by atoms with Crippen LogP contribution in [0, 0.1) is 52.2 Å². The van der Waals surface area contributed by atoms with Crippen molar-refractivity contribution < 1.29 is 13.9 Å². The second-order valence-electron chi connectivity index (χ2n) is 12.8. The molecular weight excluding hydrogens is 477 g/mol. The number of hydrogen-bond acceptors (Lipinski definition) is 5. The third-order valence-corrected chi connectivity index (χ3v) is 11.5. The smallest absolute Gasteiger partial charge is 0.166 e. The number of benzene rings is 1. The van der Waals surface area contributed by atoms with E-state index in [1.807, 2.05) is 7.11 Å². The van der Waals surface area contributed by atoms with Gasteiger partial charge >= 0.3 is 0 Å². The highest BCUT2D eigenvalue weighted by molar-refractivity contribution is 6.31. The number of halogens is 2. The summed E-state index contributed by atoms with van der Waals surface area (Å²) < 4.78 is 20.1. The summed E-state index contributed by atoms with van der Waals surface area (Å²) in [5.41, 5.74) is 6.42. The molecule has 36 heavy (non-hydrogen) atoms. The third kappa shape index (κ3) is 4.06. The van der Waals surface area contributed by atoms with E-state index >= 15 is 0 Å². The predicted molar refractivity (Wildman–Crippen MR) is 143 cm³/mol. The summed E-state index contributed by atoms with van der Waals surface area (Å²) in [5, 5.41) is 1.24. The number of anilines is 2. The lowest BCUT2D eigenvalue weighted by Gasteiger charge is -2.62. The minimum atomic E-state index is -0.694. The lowest BCUT2D eigenvalue weighted by Crippen LogP contribution is -2.56. The highest BCUT2D eigenvalue weighted by Crippen LogP contribution is 2.68. The molecule has 1 aromatic rings. The van der Waals surface area contributed by atoms with Crippen LogP contribution in [0.3, 0.4) is 0 Å². The van der Waals surface area contributed by atoms with Gasteiger partial charge in [-0.15, -0.1) is 0 Å². The van der Waals surface area contributed by atoms with Crippen LogP contribution in [0.4, 0.5) is 15.8 Å². The van der Waals surface area contributed by atoms with Crippen LogP contribution in [0.5, 0.6) is 0 Å². The van der Waals surface area contributed by atoms with Crippen molar-refractivity contribution in [3.05, 3.63) is 23.0 Å². The Labute approximate surface area is 220 Å². The Morgan fingerprint density at radius 1 is 1.17 bits per heavy atom. The monoisotopic (exact) mass is 519 g/mol. The molecule has 8 atom stereocenters. The van der Waals surface area contributed by atoms with Crippen LogP contribution in [0.1, 0.15) is 71.6 Å². The van der Waals surface area contributed by atoms with E-state index in [-0.39, 0.29) is 34.4 Å². The van der Waals surface area contributed by atoms with E-state index in [1.54, 1.807) is 6.07 Å². The van der Waals surface area contributed by atoms with Crippen LogP contribution in [-0.2, 0) is 9.53 Å². The molecular formula is C29H43ClFN3O2. The van der Waals surface area contributed by atoms with Crippen molar-refractivity contribution in [2.45, 2.75) is 71.6 Å². The normalized spacial score (nSPS) is 39.7. The molecule has 5 rings (SSSR count). The molecule has 0 aromatic heterocycles. The number of carbonyl (C=O) groups excluding carboxylic acids is 1. The molecule has 4 saturated carbocycles. The standard InChI is InChI=1S/C29H43ClFN3O2/c1-17-10-13-29(16-36-3)18(14-17)4-5-19-20-6-7-22(28(20,2)12-11-21(19)29)25(35)15-34(33)24-9-8-23(30)26(31)27(24)32/h8-9,17-22H,4-7,10-16,32-33H2,1-3H3/t17?,18?,19-,20?,21?,22?,28?,29?/m0/s1. The Hall–Kier alpha value is -1.37. The predicted octanol–water partition coefficient (Wildman–Crippen LogP) is 6.23. The number of hydrogen-bond donors (Lipinski definition) is 2. The number of Topliss-reactive ketones (excluding diaryl/α,β-unsaturated/α-hetero) is 1. The van der Waals surface area contributed by atoms with Crippen LogP contribution in [-0.4, -0.2) is 26.0 Å². The average molecular weight is 520 g/mol. The minimum Gasteiger partial charge on any atom is -0.395 e. The molecule has 0 amide bonds. The van der Waals surface area contributed by atoms with Gasteiger partial charge in [0.2, 0.25) is 0 Å². The Balaban J connectivity index is 1.34. The van der Waals surface area contributed by atoms with Gasteiger partial charge in [-0.05, 0) is 104 Å². The molecule has 0 bridgehead atoms. The van der Waals surface area contributed by atoms with Crippen molar-refractivity contribution in [2.24, 2.45) is 52.2 Å². The van der Waals surface area contributed by atoms with Gasteiger partial charge in [0.05, 0.1) is 29.5 Å². The summed E-state index contributed by atoms with van der Waals surface area (Å²) in [7, 11) is 1.88. The number of ether oxygens (including phenoxy) is 1. The number of hydrazine groups is 1. The zero-order chi connectivity index (χ0) is 25.8. The molecule has 0 heterocycles. The second kappa shape index (κ2) is 9.74. The number of methoxy groups -OCH3 is 1. The first-order valence-electron chi connectivity index (χ1n) is 13.9. The number of nitrogens with two attached hydrogens (primary N) is 2. The summed E-state index contributed by atoms with van der Waals surface area (Å²) >= 11 is 5.84. The van der Waals surface area contributed by atoms with Crippen LogP contribution in [0.2, 0.25) is 5.02 Å². The third-order valence-electron chi connectivity index (χ3n) is 11.2. The molecule has 0 radical (unpaired) electrons. The van der Waals surface area contributed by atoms with Crippen molar-refractivity contribution in [2.75, 3.05) is 31.0 Å². The van der Waals surface area contributed by atoms with Crippen LogP contribution in [0.15, 0.2) is 12.1 Å². The van der Waals surface area contributed by atoms with E-state index in [9.17, 15) is 9.18 Å². The lowest BCUT2D eigenvalue weighted by atomic mass is 9.44. The summed E-state index contributed by atoms with van der Waals surface area (Å²) in [4.78, 5) is 13.6. The molecule has 7 unspecified atom stereocenters. The van der Waals surface area contributed by atoms with Gasteiger partial charge in [-0.2, -0.15) is 0 Å². The molecule has 200 valence electrons. The molecule has 4 aliphatic rings. The molecule has 4 fully saturated rings. The van der Waals surface area contributed by atoms with Crippen LogP contribution in [0.25, 0.3) is 0 Å². The molecule has 4 aliphatic carbocycles. The highest BCUT2D eigenvalue weighted by Gasteiger charge is 2.62. The largest absolute Gasteiger partial charge is 0.395 e. The fourth-order valence-electron chi connectivity index (χ4n) is 9.51. The first-order chi connectivity index (χ1) is 17.1. The average Bonchev–Trinajstić information content (AvgIpc) is 3.20. The zero-order valence-electron chi connectivity index (χ0n) is 22.1. The Morgan fingerprint density at radius 2 is 1.94 bits per heavy atom. The zero-order valence-corrected chi connectivity index (χ0v) is 22.8. The van der Waals surface area contributed by atoms with Gasteiger partial charge in [-0.25, -0.2) is 10.2 Å². The molecule has 5 nitrogen and oxygen atoms in total. The maximum atomic E-state index is 14.2. The van der Waals surface area contributed by atoms with Gasteiger partial charge in [0, 0.05) is 13.0 Å². The van der Waals surface area contributed by atoms with Gasteiger partial charge in [0.1, 0.15) is 0 Å². The molecule has 7 heteroatoms. The van der Waals surface area contributed by atoms with Gasteiger partial charge in [0.25, 0.3) is 0 Å². The SMILES string of the molecule is COCC12CCC(C)CC1CC[C@H]1C3CCC(C(=O)CN(N)c4ccc(Cl)c(F)c4N)C3(C)CCC12. The van der Waals surface area contributed by atoms with Crippen molar-refractivity contribution in [1.29, 1.82) is 0 Å². The van der Waals surface area contributed by atoms with Crippen molar-refractivity contribution >= 4 is 28.8 Å². The van der Waals surface area contributed by atoms with Crippen molar-refractivity contribution in [3.63, 3.8) is 0 Å². The molecule has 1 aromatic carbocycles. The van der Waals surface area contributed by atoms with E-state index in [0.29, 0.717) is 28.9 Å². The first-order valence-corrected chi connectivity index (χ1v) is 14.3. The Bertz CT molecular complexity index is 1010. The summed E-state index contributed by atoms with van der Waals surface area (Å²) in [6, 6.07) is 3.01. The van der Waals surface area contributed by atoms with Crippen LogP contribution < -0.4 is 16.6 Å². The maximum absolute atomic E-state index is 14.2. The van der Waals surface area contributed by atoms with Crippen molar-refractivity contribution in [1.82, 2.24) is 0 Å². The number of nitrogen functional groups attached to an aromatic ring is 1. The Morgan fingerprint density at radius 3 is 2.69 bits per heavy atom. The van der Waals surface area contributed by atoms with Gasteiger partial charge < -0.3 is 15.5 Å². The first kappa shape index (κ1) is 26.2. The van der Waals surface area contributed by atoms with E-state index in [2.05, 4.69) is 13.8 Å². The van der Waals surface area contributed by atoms with E-state index in [1.165, 1.54) is 49.6 Å². The number of carbonyl (C=O) groups is 1. The van der Waals surface area contributed by atoms with E-state index < -0.39 is 5.82 Å². The summed E-state index contributed by atoms with van der Waals surface area (Å²) in [5.74, 6) is 9.23. The van der Waals surface area contributed by atoms with Gasteiger partial charge in [-0.1, -0.05) is 31.9 Å². The van der Waals surface area contributed by atoms with Gasteiger partial charge in [0.15, 0.2) is 11.6 Å². The fraction of sp³-hybridized carbons (Fsp3) is 0.759. The molecule has 0 saturated heterocycles. The van der Waals surface area contributed by atoms with E-state index in [4.69, 9.17) is 27.9 Å². The summed E-state index contributed by atoms with van der Waals surface area (Å²) in [6.07, 6.45) is 10.9. The Kier molecular flexibility index (Phi) is 7.10. The number of rotatable bonds is 6. The van der Waals surface area contributed by atoms with E-state index in [0.717, 1.165) is 37.7 Å². The topological polar surface area (TPSA) is 81.6 Å². The lowest BCUT2D eigenvalue weighted by molar-refractivity contribution is -0.154. The number of ketones is 1. The molecule has 0 aliphatic heterocycles. The highest BCUT2D eigenvalue weighted by atomic mass is 35.5. The van der Waals surface area contributed by atoms with Gasteiger partial charge in [-0.3, -0.25) is 4.79 Å². The molecule has 0 spiro atoms. The second-order valence-corrected chi connectivity index (χ2v) is 13.2. The summed E-state index contributed by atoms with van der Waals surface area (Å²) in [6.45, 7) is 5.69. The fourth-order valence-corrected chi connectivity index (χ4v) is 9.68. The number of nitrogens with zero attached hydrogens (tertiary/aromatic N) is 1. The maximum Gasteiger partial charge on any atom is 0.166 e. The number of fused-ring (bicyclic) bond motifs is 5. The van der Waals surface area contributed by atoms with Crippen molar-refractivity contribution in [3.8, 4) is 0 Å². The quantitative estimate of drug-likeness (QED) is 0.264. The minimum absolute atomic E-state index is 0.00105. The van der Waals surface area contributed by atoms with Crippen LogP contribution >= 0.6 is 11.6 Å². The molecule has 4 N–H and O–H groups in total.